The number of nitrogens with zero attached hydrogens (tertiary/aromatic N) is 1. The van der Waals surface area contributed by atoms with Crippen molar-refractivity contribution in [1.29, 1.82) is 0 Å². The first-order valence-electron chi connectivity index (χ1n) is 12.2. The summed E-state index contributed by atoms with van der Waals surface area (Å²) in [6.45, 7) is 4.67. The minimum absolute atomic E-state index is 0.189. The number of rotatable bonds is 13. The van der Waals surface area contributed by atoms with Gasteiger partial charge in [0.25, 0.3) is 0 Å². The fourth-order valence-electron chi connectivity index (χ4n) is 4.11. The van der Waals surface area contributed by atoms with Crippen molar-refractivity contribution in [3.05, 3.63) is 90.5 Å². The van der Waals surface area contributed by atoms with Crippen molar-refractivity contribution in [2.45, 2.75) is 25.0 Å². The fraction of sp³-hybridized carbons (Fsp3) is 0.267. The van der Waals surface area contributed by atoms with Crippen molar-refractivity contribution in [3.63, 3.8) is 0 Å². The van der Waals surface area contributed by atoms with Gasteiger partial charge in [0.15, 0.2) is 0 Å². The average molecular weight is 501 g/mol. The third-order valence-electron chi connectivity index (χ3n) is 5.91. The van der Waals surface area contributed by atoms with Crippen LogP contribution in [0.15, 0.2) is 79.4 Å². The second kappa shape index (κ2) is 13.0. The van der Waals surface area contributed by atoms with Gasteiger partial charge >= 0.3 is 5.97 Å². The molecule has 4 rings (SSSR count). The highest BCUT2D eigenvalue weighted by Crippen LogP contribution is 2.34. The SMILES string of the molecule is C=CCOC(=O)CCCc1ccc2nc3ccc(OC)cc3c(NCCSCc3ccccc3)c2c1. The molecule has 0 amide bonds. The molecule has 0 unspecified atom stereocenters. The number of ether oxygens (including phenoxy) is 2. The van der Waals surface area contributed by atoms with Crippen LogP contribution >= 0.6 is 11.8 Å². The van der Waals surface area contributed by atoms with Crippen LogP contribution in [-0.4, -0.2) is 37.0 Å². The van der Waals surface area contributed by atoms with E-state index in [2.05, 4.69) is 54.4 Å². The summed E-state index contributed by atoms with van der Waals surface area (Å²) in [6, 6.07) is 22.9. The lowest BCUT2D eigenvalue weighted by Gasteiger charge is -2.15. The van der Waals surface area contributed by atoms with Gasteiger partial charge in [0.2, 0.25) is 0 Å². The number of thioether (sulfide) groups is 1. The molecule has 186 valence electrons. The number of methoxy groups -OCH3 is 1. The second-order valence-electron chi connectivity index (χ2n) is 8.51. The molecule has 1 aromatic heterocycles. The van der Waals surface area contributed by atoms with E-state index in [-0.39, 0.29) is 12.6 Å². The summed E-state index contributed by atoms with van der Waals surface area (Å²) in [4.78, 5) is 16.7. The summed E-state index contributed by atoms with van der Waals surface area (Å²) in [5.41, 5.74) is 5.46. The van der Waals surface area contributed by atoms with Gasteiger partial charge in [-0.2, -0.15) is 11.8 Å². The highest BCUT2D eigenvalue weighted by molar-refractivity contribution is 7.98. The maximum Gasteiger partial charge on any atom is 0.306 e. The molecular weight excluding hydrogens is 468 g/mol. The Morgan fingerprint density at radius 2 is 1.81 bits per heavy atom. The van der Waals surface area contributed by atoms with Crippen LogP contribution in [0, 0.1) is 0 Å². The van der Waals surface area contributed by atoms with E-state index in [0.29, 0.717) is 6.42 Å². The van der Waals surface area contributed by atoms with Crippen LogP contribution in [0.25, 0.3) is 21.8 Å². The number of pyridine rings is 1. The Hall–Kier alpha value is -3.51. The molecule has 4 aromatic rings. The van der Waals surface area contributed by atoms with E-state index < -0.39 is 0 Å². The van der Waals surface area contributed by atoms with Gasteiger partial charge in [-0.25, -0.2) is 4.98 Å². The molecule has 36 heavy (non-hydrogen) atoms. The predicted octanol–water partition coefficient (Wildman–Crippen LogP) is 6.79. The molecule has 0 radical (unpaired) electrons. The molecule has 0 saturated heterocycles. The average Bonchev–Trinajstić information content (AvgIpc) is 2.91. The van der Waals surface area contributed by atoms with Gasteiger partial charge in [0.1, 0.15) is 12.4 Å². The number of nitrogens with one attached hydrogen (secondary N) is 1. The smallest absolute Gasteiger partial charge is 0.306 e. The van der Waals surface area contributed by atoms with Crippen molar-refractivity contribution < 1.29 is 14.3 Å². The molecule has 0 aliphatic carbocycles. The van der Waals surface area contributed by atoms with Crippen LogP contribution in [0.3, 0.4) is 0 Å². The molecule has 0 atom stereocenters. The Balaban J connectivity index is 1.52. The quantitative estimate of drug-likeness (QED) is 0.0943. The van der Waals surface area contributed by atoms with Crippen LogP contribution in [-0.2, 0) is 21.7 Å². The molecule has 1 heterocycles. The molecule has 0 fully saturated rings. The number of aryl methyl sites for hydroxylation is 1. The lowest BCUT2D eigenvalue weighted by molar-refractivity contribution is -0.142. The van der Waals surface area contributed by atoms with Gasteiger partial charge < -0.3 is 14.8 Å². The lowest BCUT2D eigenvalue weighted by Crippen LogP contribution is -2.06. The van der Waals surface area contributed by atoms with E-state index in [9.17, 15) is 4.79 Å². The topological polar surface area (TPSA) is 60.5 Å². The summed E-state index contributed by atoms with van der Waals surface area (Å²) in [5, 5.41) is 5.81. The zero-order valence-corrected chi connectivity index (χ0v) is 21.5. The van der Waals surface area contributed by atoms with Crippen LogP contribution in [0.4, 0.5) is 5.69 Å². The molecule has 0 aliphatic rings. The maximum atomic E-state index is 11.8. The summed E-state index contributed by atoms with van der Waals surface area (Å²) < 4.78 is 10.6. The van der Waals surface area contributed by atoms with Crippen molar-refractivity contribution >= 4 is 45.2 Å². The predicted molar refractivity (Wildman–Crippen MR) is 151 cm³/mol. The summed E-state index contributed by atoms with van der Waals surface area (Å²) >= 11 is 1.91. The Morgan fingerprint density at radius 3 is 2.58 bits per heavy atom. The number of carbonyl (C=O) groups is 1. The van der Waals surface area contributed by atoms with Crippen molar-refractivity contribution in [1.82, 2.24) is 4.98 Å². The summed E-state index contributed by atoms with van der Waals surface area (Å²) in [6.07, 6.45) is 3.50. The van der Waals surface area contributed by atoms with E-state index in [1.54, 1.807) is 13.2 Å². The van der Waals surface area contributed by atoms with Crippen molar-refractivity contribution in [2.75, 3.05) is 31.3 Å². The molecule has 1 N–H and O–H groups in total. The normalized spacial score (nSPS) is 10.9. The third-order valence-corrected chi connectivity index (χ3v) is 6.94. The first kappa shape index (κ1) is 25.6. The highest BCUT2D eigenvalue weighted by Gasteiger charge is 2.12. The Labute approximate surface area is 216 Å². The Bertz CT molecular complexity index is 1320. The molecule has 0 aliphatic heterocycles. The van der Waals surface area contributed by atoms with Crippen molar-refractivity contribution in [2.24, 2.45) is 0 Å². The van der Waals surface area contributed by atoms with Crippen LogP contribution in [0.2, 0.25) is 0 Å². The molecule has 5 nitrogen and oxygen atoms in total. The molecule has 0 bridgehead atoms. The zero-order chi connectivity index (χ0) is 25.2. The van der Waals surface area contributed by atoms with Gasteiger partial charge in [-0.3, -0.25) is 4.79 Å². The number of anilines is 1. The summed E-state index contributed by atoms with van der Waals surface area (Å²) in [5.74, 6) is 2.59. The van der Waals surface area contributed by atoms with Gasteiger partial charge in [-0.1, -0.05) is 49.1 Å². The number of esters is 1. The monoisotopic (exact) mass is 500 g/mol. The van der Waals surface area contributed by atoms with E-state index in [0.717, 1.165) is 64.1 Å². The number of aromatic nitrogens is 1. The van der Waals surface area contributed by atoms with Gasteiger partial charge in [-0.05, 0) is 54.3 Å². The van der Waals surface area contributed by atoms with E-state index in [1.165, 1.54) is 11.1 Å². The minimum atomic E-state index is -0.189. The van der Waals surface area contributed by atoms with Crippen LogP contribution in [0.1, 0.15) is 24.0 Å². The van der Waals surface area contributed by atoms with Gasteiger partial charge in [0, 0.05) is 35.2 Å². The van der Waals surface area contributed by atoms with Gasteiger partial charge in [0.05, 0.1) is 23.8 Å². The highest BCUT2D eigenvalue weighted by atomic mass is 32.2. The minimum Gasteiger partial charge on any atom is -0.497 e. The molecule has 6 heteroatoms. The third kappa shape index (κ3) is 6.79. The Morgan fingerprint density at radius 1 is 1.03 bits per heavy atom. The molecule has 3 aromatic carbocycles. The van der Waals surface area contributed by atoms with E-state index >= 15 is 0 Å². The van der Waals surface area contributed by atoms with E-state index in [1.807, 2.05) is 36.0 Å². The van der Waals surface area contributed by atoms with Crippen LogP contribution in [0.5, 0.6) is 5.75 Å². The van der Waals surface area contributed by atoms with Gasteiger partial charge in [-0.15, -0.1) is 0 Å². The fourth-order valence-corrected chi connectivity index (χ4v) is 4.93. The van der Waals surface area contributed by atoms with E-state index in [4.69, 9.17) is 14.5 Å². The number of fused-ring (bicyclic) bond motifs is 2. The van der Waals surface area contributed by atoms with Crippen LogP contribution < -0.4 is 10.1 Å². The molecular formula is C30H32N2O3S. The second-order valence-corrected chi connectivity index (χ2v) is 9.62. The number of carbonyl (C=O) groups excluding carboxylic acids is 1. The number of benzene rings is 3. The van der Waals surface area contributed by atoms with Crippen molar-refractivity contribution in [3.8, 4) is 5.75 Å². The summed E-state index contributed by atoms with van der Waals surface area (Å²) in [7, 11) is 1.68. The number of hydrogen-bond donors (Lipinski definition) is 1. The largest absolute Gasteiger partial charge is 0.497 e. The standard InChI is InChI=1S/C30H32N2O3S/c1-3-17-35-29(33)11-7-10-22-12-14-27-25(19-22)30(26-20-24(34-2)13-15-28(26)32-27)31-16-18-36-21-23-8-5-4-6-9-23/h3-6,8-9,12-15,19-20H,1,7,10-11,16-18,21H2,2H3,(H,31,32). The number of hydrogen-bond acceptors (Lipinski definition) is 6. The zero-order valence-electron chi connectivity index (χ0n) is 20.7. The molecule has 0 saturated carbocycles. The first-order valence-corrected chi connectivity index (χ1v) is 13.4. The Kier molecular flexibility index (Phi) is 9.22. The lowest BCUT2D eigenvalue weighted by atomic mass is 10.0. The molecule has 0 spiro atoms. The first-order chi connectivity index (χ1) is 17.7. The maximum absolute atomic E-state index is 11.8.